The van der Waals surface area contributed by atoms with Gasteiger partial charge in [-0.2, -0.15) is 0 Å². The Bertz CT molecular complexity index is 679. The molecule has 0 saturated carbocycles. The predicted octanol–water partition coefficient (Wildman–Crippen LogP) is 2.75. The maximum Gasteiger partial charge on any atom is 0.191 e. The Hall–Kier alpha value is -1.55. The normalized spacial score (nSPS) is 11.0. The highest BCUT2D eigenvalue weighted by Crippen LogP contribution is 2.16. The molecule has 1 heterocycles. The second-order valence-corrected chi connectivity index (χ2v) is 5.72. The van der Waals surface area contributed by atoms with Crippen LogP contribution in [0.15, 0.2) is 35.6 Å². The Kier molecular flexibility index (Phi) is 11.0. The zero-order chi connectivity index (χ0) is 17.9. The number of guanidine groups is 1. The fraction of sp³-hybridized carbons (Fsp3) is 0.471. The van der Waals surface area contributed by atoms with Crippen molar-refractivity contribution in [3.63, 3.8) is 0 Å². The molecule has 1 aromatic carbocycles. The van der Waals surface area contributed by atoms with E-state index in [2.05, 4.69) is 32.7 Å². The third-order valence-electron chi connectivity index (χ3n) is 3.43. The molecule has 0 radical (unpaired) electrons. The molecule has 26 heavy (non-hydrogen) atoms. The van der Waals surface area contributed by atoms with Gasteiger partial charge in [-0.1, -0.05) is 24.6 Å². The minimum absolute atomic E-state index is 0. The number of halogens is 2. The SMILES string of the molecule is CCNC(=NCCn1cnnc1CC)NCCOc1cccc(Cl)c1.I. The maximum atomic E-state index is 5.93. The van der Waals surface area contributed by atoms with Crippen LogP contribution in [0, 0.1) is 0 Å². The number of nitrogens with one attached hydrogen (secondary N) is 2. The molecule has 0 saturated heterocycles. The Labute approximate surface area is 176 Å². The molecule has 2 rings (SSSR count). The summed E-state index contributed by atoms with van der Waals surface area (Å²) in [5.74, 6) is 2.50. The molecule has 0 bridgehead atoms. The van der Waals surface area contributed by atoms with Crippen molar-refractivity contribution in [2.75, 3.05) is 26.2 Å². The van der Waals surface area contributed by atoms with E-state index in [0.29, 0.717) is 24.7 Å². The van der Waals surface area contributed by atoms with Crippen molar-refractivity contribution in [1.29, 1.82) is 0 Å². The average molecular weight is 493 g/mol. The Morgan fingerprint density at radius 2 is 2.15 bits per heavy atom. The molecular weight excluding hydrogens is 467 g/mol. The third kappa shape index (κ3) is 7.77. The van der Waals surface area contributed by atoms with E-state index >= 15 is 0 Å². The summed E-state index contributed by atoms with van der Waals surface area (Å²) in [5.41, 5.74) is 0. The second kappa shape index (κ2) is 12.7. The van der Waals surface area contributed by atoms with E-state index in [1.165, 1.54) is 0 Å². The number of aliphatic imine (C=N–C) groups is 1. The average Bonchev–Trinajstić information content (AvgIpc) is 3.06. The summed E-state index contributed by atoms with van der Waals surface area (Å²) in [4.78, 5) is 4.56. The van der Waals surface area contributed by atoms with Crippen LogP contribution in [-0.4, -0.2) is 47.0 Å². The molecule has 0 unspecified atom stereocenters. The summed E-state index contributed by atoms with van der Waals surface area (Å²) in [6, 6.07) is 7.37. The van der Waals surface area contributed by atoms with Crippen molar-refractivity contribution in [2.24, 2.45) is 4.99 Å². The van der Waals surface area contributed by atoms with E-state index in [-0.39, 0.29) is 24.0 Å². The molecule has 0 aliphatic heterocycles. The molecule has 7 nitrogen and oxygen atoms in total. The number of nitrogens with zero attached hydrogens (tertiary/aromatic N) is 4. The minimum Gasteiger partial charge on any atom is -0.492 e. The van der Waals surface area contributed by atoms with Crippen molar-refractivity contribution >= 4 is 41.5 Å². The van der Waals surface area contributed by atoms with Gasteiger partial charge in [-0.05, 0) is 25.1 Å². The molecule has 144 valence electrons. The first-order valence-electron chi connectivity index (χ1n) is 8.50. The largest absolute Gasteiger partial charge is 0.492 e. The van der Waals surface area contributed by atoms with Crippen LogP contribution < -0.4 is 15.4 Å². The van der Waals surface area contributed by atoms with Gasteiger partial charge in [0.1, 0.15) is 24.5 Å². The van der Waals surface area contributed by atoms with Gasteiger partial charge in [0.15, 0.2) is 5.96 Å². The highest BCUT2D eigenvalue weighted by molar-refractivity contribution is 14.0. The molecule has 0 aliphatic carbocycles. The summed E-state index contributed by atoms with van der Waals surface area (Å²) in [6.45, 7) is 7.47. The highest BCUT2D eigenvalue weighted by Gasteiger charge is 2.02. The Balaban J connectivity index is 0.00000338. The topological polar surface area (TPSA) is 76.4 Å². The molecule has 1 aromatic heterocycles. The number of hydrogen-bond donors (Lipinski definition) is 2. The fourth-order valence-electron chi connectivity index (χ4n) is 2.25. The summed E-state index contributed by atoms with van der Waals surface area (Å²) in [6.07, 6.45) is 2.61. The van der Waals surface area contributed by atoms with Crippen LogP contribution >= 0.6 is 35.6 Å². The van der Waals surface area contributed by atoms with Crippen LogP contribution in [0.1, 0.15) is 19.7 Å². The second-order valence-electron chi connectivity index (χ2n) is 5.29. The molecule has 2 aromatic rings. The molecule has 0 spiro atoms. The number of rotatable bonds is 9. The van der Waals surface area contributed by atoms with Gasteiger partial charge in [-0.3, -0.25) is 4.99 Å². The van der Waals surface area contributed by atoms with E-state index in [0.717, 1.165) is 37.0 Å². The van der Waals surface area contributed by atoms with Gasteiger partial charge >= 0.3 is 0 Å². The number of hydrogen-bond acceptors (Lipinski definition) is 4. The van der Waals surface area contributed by atoms with Crippen LogP contribution in [-0.2, 0) is 13.0 Å². The van der Waals surface area contributed by atoms with Gasteiger partial charge in [0, 0.05) is 24.5 Å². The van der Waals surface area contributed by atoms with Gasteiger partial charge < -0.3 is 19.9 Å². The quantitative estimate of drug-likeness (QED) is 0.244. The third-order valence-corrected chi connectivity index (χ3v) is 3.66. The van der Waals surface area contributed by atoms with E-state index < -0.39 is 0 Å². The summed E-state index contributed by atoms with van der Waals surface area (Å²) in [7, 11) is 0. The Morgan fingerprint density at radius 3 is 2.88 bits per heavy atom. The minimum atomic E-state index is 0. The van der Waals surface area contributed by atoms with Crippen LogP contribution in [0.5, 0.6) is 5.75 Å². The molecule has 0 atom stereocenters. The lowest BCUT2D eigenvalue weighted by Gasteiger charge is -2.12. The summed E-state index contributed by atoms with van der Waals surface area (Å²) >= 11 is 5.93. The van der Waals surface area contributed by atoms with Gasteiger partial charge in [-0.15, -0.1) is 34.2 Å². The number of aromatic nitrogens is 3. The predicted molar refractivity (Wildman–Crippen MR) is 116 cm³/mol. The Morgan fingerprint density at radius 1 is 1.31 bits per heavy atom. The lowest BCUT2D eigenvalue weighted by molar-refractivity contribution is 0.322. The first-order chi connectivity index (χ1) is 12.2. The summed E-state index contributed by atoms with van der Waals surface area (Å²) in [5, 5.41) is 15.1. The van der Waals surface area contributed by atoms with Crippen molar-refractivity contribution in [1.82, 2.24) is 25.4 Å². The van der Waals surface area contributed by atoms with Crippen molar-refractivity contribution in [3.05, 3.63) is 41.4 Å². The molecule has 9 heteroatoms. The number of ether oxygens (including phenoxy) is 1. The van der Waals surface area contributed by atoms with Gasteiger partial charge in [0.25, 0.3) is 0 Å². The van der Waals surface area contributed by atoms with Gasteiger partial charge in [0.2, 0.25) is 0 Å². The summed E-state index contributed by atoms with van der Waals surface area (Å²) < 4.78 is 7.68. The zero-order valence-corrected chi connectivity index (χ0v) is 18.2. The first-order valence-corrected chi connectivity index (χ1v) is 8.88. The molecule has 0 amide bonds. The smallest absolute Gasteiger partial charge is 0.191 e. The van der Waals surface area contributed by atoms with E-state index in [1.54, 1.807) is 12.4 Å². The first kappa shape index (κ1) is 22.5. The lowest BCUT2D eigenvalue weighted by Crippen LogP contribution is -2.39. The van der Waals surface area contributed by atoms with Crippen molar-refractivity contribution in [2.45, 2.75) is 26.8 Å². The van der Waals surface area contributed by atoms with E-state index in [1.807, 2.05) is 29.7 Å². The molecule has 0 fully saturated rings. The molecular formula is C17H26ClIN6O. The maximum absolute atomic E-state index is 5.93. The van der Waals surface area contributed by atoms with Crippen LogP contribution in [0.25, 0.3) is 0 Å². The monoisotopic (exact) mass is 492 g/mol. The van der Waals surface area contributed by atoms with E-state index in [9.17, 15) is 0 Å². The number of aryl methyl sites for hydroxylation is 1. The van der Waals surface area contributed by atoms with Crippen LogP contribution in [0.3, 0.4) is 0 Å². The standard InChI is InChI=1S/C17H25ClN6O.HI/c1-3-16-23-22-13-24(16)10-8-20-17(19-4-2)21-9-11-25-15-7-5-6-14(18)12-15;/h5-7,12-13H,3-4,8-11H2,1-2H3,(H2,19,20,21);1H. The highest BCUT2D eigenvalue weighted by atomic mass is 127. The van der Waals surface area contributed by atoms with Crippen LogP contribution in [0.4, 0.5) is 0 Å². The van der Waals surface area contributed by atoms with E-state index in [4.69, 9.17) is 16.3 Å². The molecule has 0 aliphatic rings. The fourth-order valence-corrected chi connectivity index (χ4v) is 2.43. The molecule has 2 N–H and O–H groups in total. The van der Waals surface area contributed by atoms with Crippen molar-refractivity contribution in [3.8, 4) is 5.75 Å². The zero-order valence-electron chi connectivity index (χ0n) is 15.1. The number of benzene rings is 1. The van der Waals surface area contributed by atoms with Crippen molar-refractivity contribution < 1.29 is 4.74 Å². The van der Waals surface area contributed by atoms with Gasteiger partial charge in [-0.25, -0.2) is 0 Å². The lowest BCUT2D eigenvalue weighted by atomic mass is 10.3. The van der Waals surface area contributed by atoms with Gasteiger partial charge in [0.05, 0.1) is 13.1 Å². The van der Waals surface area contributed by atoms with Crippen LogP contribution in [0.2, 0.25) is 5.02 Å².